The lowest BCUT2D eigenvalue weighted by Gasteiger charge is -2.10. The number of nitrogens with one attached hydrogen (secondary N) is 1. The second-order valence-corrected chi connectivity index (χ2v) is 6.33. The van der Waals surface area contributed by atoms with Crippen LogP contribution in [0.4, 0.5) is 0 Å². The summed E-state index contributed by atoms with van der Waals surface area (Å²) in [6.45, 7) is 4.64. The lowest BCUT2D eigenvalue weighted by molar-refractivity contribution is -0.120. The molecule has 4 nitrogen and oxygen atoms in total. The number of benzene rings is 1. The molecule has 1 fully saturated rings. The molecule has 3 rings (SSSR count). The molecule has 2 atom stereocenters. The predicted octanol–water partition coefficient (Wildman–Crippen LogP) is 3.42. The summed E-state index contributed by atoms with van der Waals surface area (Å²) in [4.78, 5) is 19.5. The number of ether oxygens (including phenoxy) is 1. The first kappa shape index (κ1) is 13.5. The largest absolute Gasteiger partial charge is 0.494 e. The summed E-state index contributed by atoms with van der Waals surface area (Å²) in [6.07, 6.45) is 1.65. The Kier molecular flexibility index (Phi) is 3.70. The molecule has 0 saturated heterocycles. The van der Waals surface area contributed by atoms with Gasteiger partial charge in [0.1, 0.15) is 11.5 Å². The van der Waals surface area contributed by atoms with Gasteiger partial charge >= 0.3 is 0 Å². The summed E-state index contributed by atoms with van der Waals surface area (Å²) in [5.74, 6) is 1.36. The van der Waals surface area contributed by atoms with Gasteiger partial charge in [-0.2, -0.15) is 0 Å². The fraction of sp³-hybridized carbons (Fsp3) is 0.467. The van der Waals surface area contributed by atoms with E-state index in [4.69, 9.17) is 4.74 Å². The molecule has 20 heavy (non-hydrogen) atoms. The number of thioether (sulfide) groups is 1. The molecule has 0 radical (unpaired) electrons. The van der Waals surface area contributed by atoms with Gasteiger partial charge in [0.25, 0.3) is 0 Å². The quantitative estimate of drug-likeness (QED) is 0.937. The van der Waals surface area contributed by atoms with Gasteiger partial charge in [-0.05, 0) is 25.5 Å². The van der Waals surface area contributed by atoms with Crippen LogP contribution < -0.4 is 4.74 Å². The van der Waals surface area contributed by atoms with Crippen LogP contribution in [0, 0.1) is 5.92 Å². The van der Waals surface area contributed by atoms with Crippen molar-refractivity contribution in [3.63, 3.8) is 0 Å². The van der Waals surface area contributed by atoms with Crippen LogP contribution >= 0.6 is 11.8 Å². The van der Waals surface area contributed by atoms with Crippen molar-refractivity contribution >= 4 is 28.6 Å². The van der Waals surface area contributed by atoms with E-state index in [1.165, 1.54) is 0 Å². The SMILES string of the molecule is CCOc1ccc2nc(SC3CCC(=O)C3C)[nH]c2c1. The number of hydrogen-bond acceptors (Lipinski definition) is 4. The zero-order valence-corrected chi connectivity index (χ0v) is 12.5. The number of nitrogens with zero attached hydrogens (tertiary/aromatic N) is 1. The summed E-state index contributed by atoms with van der Waals surface area (Å²) in [6, 6.07) is 5.87. The van der Waals surface area contributed by atoms with Crippen LogP contribution in [0.2, 0.25) is 0 Å². The van der Waals surface area contributed by atoms with E-state index in [9.17, 15) is 4.79 Å². The van der Waals surface area contributed by atoms with Gasteiger partial charge in [0.2, 0.25) is 0 Å². The molecule has 5 heteroatoms. The minimum absolute atomic E-state index is 0.132. The van der Waals surface area contributed by atoms with E-state index in [1.54, 1.807) is 11.8 Å². The molecule has 2 unspecified atom stereocenters. The molecule has 0 bridgehead atoms. The molecule has 1 saturated carbocycles. The number of ketones is 1. The zero-order valence-electron chi connectivity index (χ0n) is 11.7. The van der Waals surface area contributed by atoms with Crippen molar-refractivity contribution in [1.82, 2.24) is 9.97 Å². The molecule has 2 aromatic rings. The average molecular weight is 290 g/mol. The maximum atomic E-state index is 11.6. The van der Waals surface area contributed by atoms with Gasteiger partial charge in [0.05, 0.1) is 17.6 Å². The number of Topliss-reactive ketones (excluding diaryl/α,β-unsaturated/α-hetero) is 1. The lowest BCUT2D eigenvalue weighted by atomic mass is 10.1. The van der Waals surface area contributed by atoms with Crippen LogP contribution in [0.25, 0.3) is 11.0 Å². The summed E-state index contributed by atoms with van der Waals surface area (Å²) in [5.41, 5.74) is 1.92. The Morgan fingerprint density at radius 1 is 1.50 bits per heavy atom. The first-order chi connectivity index (χ1) is 9.67. The highest BCUT2D eigenvalue weighted by molar-refractivity contribution is 7.99. The number of fused-ring (bicyclic) bond motifs is 1. The molecule has 1 N–H and O–H groups in total. The Bertz CT molecular complexity index is 638. The third-order valence-electron chi connectivity index (χ3n) is 3.75. The van der Waals surface area contributed by atoms with E-state index < -0.39 is 0 Å². The Balaban J connectivity index is 1.80. The molecular formula is C15H18N2O2S. The Morgan fingerprint density at radius 3 is 3.05 bits per heavy atom. The molecular weight excluding hydrogens is 272 g/mol. The van der Waals surface area contributed by atoms with E-state index in [0.29, 0.717) is 24.1 Å². The van der Waals surface area contributed by atoms with Crippen LogP contribution in [0.5, 0.6) is 5.75 Å². The summed E-state index contributed by atoms with van der Waals surface area (Å²) >= 11 is 1.68. The highest BCUT2D eigenvalue weighted by Gasteiger charge is 2.32. The number of aromatic nitrogens is 2. The number of imidazole rings is 1. The van der Waals surface area contributed by atoms with Crippen molar-refractivity contribution in [3.8, 4) is 5.75 Å². The van der Waals surface area contributed by atoms with Crippen molar-refractivity contribution in [2.75, 3.05) is 6.61 Å². The third kappa shape index (κ3) is 2.54. The normalized spacial score (nSPS) is 22.6. The predicted molar refractivity (Wildman–Crippen MR) is 80.3 cm³/mol. The van der Waals surface area contributed by atoms with Crippen LogP contribution in [0.15, 0.2) is 23.4 Å². The minimum Gasteiger partial charge on any atom is -0.494 e. The van der Waals surface area contributed by atoms with Gasteiger partial charge in [-0.15, -0.1) is 0 Å². The van der Waals surface area contributed by atoms with Crippen LogP contribution in [0.1, 0.15) is 26.7 Å². The highest BCUT2D eigenvalue weighted by atomic mass is 32.2. The van der Waals surface area contributed by atoms with Crippen molar-refractivity contribution in [1.29, 1.82) is 0 Å². The van der Waals surface area contributed by atoms with Gasteiger partial charge < -0.3 is 9.72 Å². The Labute approximate surface area is 122 Å². The standard InChI is InChI=1S/C15H18N2O2S/c1-3-19-10-4-5-11-12(8-10)17-15(16-11)20-14-7-6-13(18)9(14)2/h4-5,8-9,14H,3,6-7H2,1-2H3,(H,16,17). The summed E-state index contributed by atoms with van der Waals surface area (Å²) in [5, 5.41) is 1.23. The zero-order chi connectivity index (χ0) is 14.1. The van der Waals surface area contributed by atoms with E-state index in [0.717, 1.165) is 28.4 Å². The smallest absolute Gasteiger partial charge is 0.166 e. The number of hydrogen-bond donors (Lipinski definition) is 1. The lowest BCUT2D eigenvalue weighted by Crippen LogP contribution is -2.12. The van der Waals surface area contributed by atoms with Crippen molar-refractivity contribution in [2.24, 2.45) is 5.92 Å². The molecule has 0 amide bonds. The maximum absolute atomic E-state index is 11.6. The van der Waals surface area contributed by atoms with Crippen molar-refractivity contribution in [2.45, 2.75) is 37.1 Å². The van der Waals surface area contributed by atoms with E-state index in [2.05, 4.69) is 9.97 Å². The number of carbonyl (C=O) groups is 1. The topological polar surface area (TPSA) is 55.0 Å². The second kappa shape index (κ2) is 5.48. The molecule has 1 aliphatic carbocycles. The number of H-pyrrole nitrogens is 1. The van der Waals surface area contributed by atoms with Gasteiger partial charge in [0, 0.05) is 23.7 Å². The Morgan fingerprint density at radius 2 is 2.35 bits per heavy atom. The molecule has 0 spiro atoms. The molecule has 1 heterocycles. The highest BCUT2D eigenvalue weighted by Crippen LogP contribution is 2.36. The van der Waals surface area contributed by atoms with Gasteiger partial charge in [-0.1, -0.05) is 18.7 Å². The fourth-order valence-corrected chi connectivity index (χ4v) is 3.75. The molecule has 1 aromatic carbocycles. The second-order valence-electron chi connectivity index (χ2n) is 5.10. The number of carbonyl (C=O) groups excluding carboxylic acids is 1. The molecule has 0 aliphatic heterocycles. The van der Waals surface area contributed by atoms with Crippen molar-refractivity contribution < 1.29 is 9.53 Å². The number of rotatable bonds is 4. The first-order valence-electron chi connectivity index (χ1n) is 6.99. The van der Waals surface area contributed by atoms with E-state index in [-0.39, 0.29) is 5.92 Å². The van der Waals surface area contributed by atoms with Crippen LogP contribution in [-0.4, -0.2) is 27.6 Å². The van der Waals surface area contributed by atoms with Crippen molar-refractivity contribution in [3.05, 3.63) is 18.2 Å². The molecule has 1 aromatic heterocycles. The van der Waals surface area contributed by atoms with E-state index in [1.807, 2.05) is 32.0 Å². The van der Waals surface area contributed by atoms with Gasteiger partial charge in [-0.25, -0.2) is 4.98 Å². The Hall–Kier alpha value is -1.49. The monoisotopic (exact) mass is 290 g/mol. The summed E-state index contributed by atoms with van der Waals surface area (Å²) in [7, 11) is 0. The maximum Gasteiger partial charge on any atom is 0.166 e. The molecule has 1 aliphatic rings. The minimum atomic E-state index is 0.132. The van der Waals surface area contributed by atoms with Gasteiger partial charge in [0.15, 0.2) is 5.16 Å². The fourth-order valence-electron chi connectivity index (χ4n) is 2.55. The average Bonchev–Trinajstić information content (AvgIpc) is 2.97. The summed E-state index contributed by atoms with van der Waals surface area (Å²) < 4.78 is 5.49. The molecule has 106 valence electrons. The van der Waals surface area contributed by atoms with Gasteiger partial charge in [-0.3, -0.25) is 4.79 Å². The first-order valence-corrected chi connectivity index (χ1v) is 7.87. The van der Waals surface area contributed by atoms with Crippen LogP contribution in [0.3, 0.4) is 0 Å². The van der Waals surface area contributed by atoms with Crippen LogP contribution in [-0.2, 0) is 4.79 Å². The number of aromatic amines is 1. The third-order valence-corrected chi connectivity index (χ3v) is 5.11. The van der Waals surface area contributed by atoms with E-state index >= 15 is 0 Å².